The van der Waals surface area contributed by atoms with Gasteiger partial charge in [0.15, 0.2) is 0 Å². The van der Waals surface area contributed by atoms with Crippen LogP contribution in [0.15, 0.2) is 51.9 Å². The third-order valence-electron chi connectivity index (χ3n) is 3.76. The highest BCUT2D eigenvalue weighted by atomic mass is 79.9. The van der Waals surface area contributed by atoms with Crippen molar-refractivity contribution in [2.45, 2.75) is 0 Å². The Labute approximate surface area is 148 Å². The van der Waals surface area contributed by atoms with Crippen LogP contribution in [-0.4, -0.2) is 37.4 Å². The summed E-state index contributed by atoms with van der Waals surface area (Å²) in [7, 11) is 0. The fourth-order valence-electron chi connectivity index (χ4n) is 2.47. The molecule has 0 atom stereocenters. The van der Waals surface area contributed by atoms with E-state index in [2.05, 4.69) is 25.8 Å². The van der Waals surface area contributed by atoms with E-state index in [1.807, 2.05) is 24.3 Å². The summed E-state index contributed by atoms with van der Waals surface area (Å²) in [5, 5.41) is 11.0. The number of nitro groups is 1. The van der Waals surface area contributed by atoms with Gasteiger partial charge in [-0.1, -0.05) is 6.07 Å². The predicted octanol–water partition coefficient (Wildman–Crippen LogP) is 3.94. The normalized spacial score (nSPS) is 15.0. The molecule has 0 aliphatic carbocycles. The number of hydrogen-bond acceptors (Lipinski definition) is 5. The van der Waals surface area contributed by atoms with Gasteiger partial charge in [-0.05, 0) is 51.8 Å². The fourth-order valence-corrected chi connectivity index (χ4v) is 2.86. The van der Waals surface area contributed by atoms with Gasteiger partial charge in [-0.25, -0.2) is 0 Å². The van der Waals surface area contributed by atoms with Crippen LogP contribution in [-0.2, 0) is 4.74 Å². The van der Waals surface area contributed by atoms with Crippen molar-refractivity contribution in [3.8, 4) is 0 Å². The molecule has 1 heterocycles. The summed E-state index contributed by atoms with van der Waals surface area (Å²) in [5.41, 5.74) is 2.66. The Hall–Kier alpha value is -2.25. The summed E-state index contributed by atoms with van der Waals surface area (Å²) in [6.07, 6.45) is 1.63. The van der Waals surface area contributed by atoms with Crippen LogP contribution in [0.4, 0.5) is 17.1 Å². The van der Waals surface area contributed by atoms with Crippen LogP contribution >= 0.6 is 15.9 Å². The van der Waals surface area contributed by atoms with E-state index >= 15 is 0 Å². The van der Waals surface area contributed by atoms with Crippen LogP contribution in [0.2, 0.25) is 0 Å². The lowest BCUT2D eigenvalue weighted by molar-refractivity contribution is -0.385. The molecule has 0 spiro atoms. The summed E-state index contributed by atoms with van der Waals surface area (Å²) < 4.78 is 5.81. The molecule has 1 saturated heterocycles. The average molecular weight is 390 g/mol. The summed E-state index contributed by atoms with van der Waals surface area (Å²) in [5.74, 6) is 0. The van der Waals surface area contributed by atoms with Gasteiger partial charge in [0.05, 0.1) is 28.3 Å². The summed E-state index contributed by atoms with van der Waals surface area (Å²) in [4.78, 5) is 17.2. The summed E-state index contributed by atoms with van der Waals surface area (Å²) in [6, 6.07) is 12.9. The predicted molar refractivity (Wildman–Crippen MR) is 97.5 cm³/mol. The molecule has 0 aromatic heterocycles. The topological polar surface area (TPSA) is 68.0 Å². The second kappa shape index (κ2) is 7.55. The second-order valence-electron chi connectivity index (χ2n) is 5.34. The van der Waals surface area contributed by atoms with E-state index in [9.17, 15) is 10.1 Å². The molecule has 1 aliphatic heterocycles. The Morgan fingerprint density at radius 3 is 2.54 bits per heavy atom. The molecule has 0 unspecified atom stereocenters. The van der Waals surface area contributed by atoms with Gasteiger partial charge < -0.3 is 9.64 Å². The van der Waals surface area contributed by atoms with Crippen LogP contribution in [0.1, 0.15) is 5.56 Å². The molecule has 1 fully saturated rings. The first kappa shape index (κ1) is 16.6. The van der Waals surface area contributed by atoms with Gasteiger partial charge in [-0.3, -0.25) is 15.1 Å². The van der Waals surface area contributed by atoms with E-state index in [4.69, 9.17) is 4.74 Å². The van der Waals surface area contributed by atoms with E-state index in [1.165, 1.54) is 6.07 Å². The van der Waals surface area contributed by atoms with Gasteiger partial charge in [0.2, 0.25) is 0 Å². The van der Waals surface area contributed by atoms with Gasteiger partial charge in [-0.15, -0.1) is 0 Å². The smallest absolute Gasteiger partial charge is 0.284 e. The van der Waals surface area contributed by atoms with Gasteiger partial charge >= 0.3 is 0 Å². The van der Waals surface area contributed by atoms with Crippen LogP contribution in [0.25, 0.3) is 0 Å². The standard InChI is InChI=1S/C17H16BrN3O3/c18-16-6-1-13(11-17(16)21(22)23)12-19-14-2-4-15(5-3-14)20-7-9-24-10-8-20/h1-6,11-12H,7-10H2. The molecule has 6 nitrogen and oxygen atoms in total. The number of halogens is 1. The molecule has 24 heavy (non-hydrogen) atoms. The van der Waals surface area contributed by atoms with Crippen LogP contribution in [0.3, 0.4) is 0 Å². The quantitative estimate of drug-likeness (QED) is 0.451. The monoisotopic (exact) mass is 389 g/mol. The van der Waals surface area contributed by atoms with Crippen molar-refractivity contribution in [1.82, 2.24) is 0 Å². The van der Waals surface area contributed by atoms with Crippen molar-refractivity contribution in [2.75, 3.05) is 31.2 Å². The molecule has 1 aliphatic rings. The largest absolute Gasteiger partial charge is 0.378 e. The van der Waals surface area contributed by atoms with Crippen molar-refractivity contribution in [1.29, 1.82) is 0 Å². The second-order valence-corrected chi connectivity index (χ2v) is 6.20. The minimum Gasteiger partial charge on any atom is -0.378 e. The highest BCUT2D eigenvalue weighted by Crippen LogP contribution is 2.25. The maximum absolute atomic E-state index is 11.0. The third-order valence-corrected chi connectivity index (χ3v) is 4.43. The van der Waals surface area contributed by atoms with Crippen LogP contribution in [0, 0.1) is 10.1 Å². The van der Waals surface area contributed by atoms with E-state index in [0.717, 1.165) is 37.7 Å². The Balaban J connectivity index is 1.72. The molecule has 124 valence electrons. The van der Waals surface area contributed by atoms with Gasteiger partial charge in [0.1, 0.15) is 0 Å². The number of morpholine rings is 1. The first-order valence-electron chi connectivity index (χ1n) is 7.54. The number of nitro benzene ring substituents is 1. The van der Waals surface area contributed by atoms with E-state index in [1.54, 1.807) is 18.3 Å². The Morgan fingerprint density at radius 1 is 1.17 bits per heavy atom. The lowest BCUT2D eigenvalue weighted by Crippen LogP contribution is -2.36. The van der Waals surface area contributed by atoms with Crippen molar-refractivity contribution in [2.24, 2.45) is 4.99 Å². The minimum absolute atomic E-state index is 0.0293. The van der Waals surface area contributed by atoms with E-state index < -0.39 is 4.92 Å². The molecule has 0 saturated carbocycles. The maximum Gasteiger partial charge on any atom is 0.284 e. The van der Waals surface area contributed by atoms with Crippen molar-refractivity contribution in [3.63, 3.8) is 0 Å². The zero-order chi connectivity index (χ0) is 16.9. The first-order chi connectivity index (χ1) is 11.6. The number of benzene rings is 2. The number of ether oxygens (including phenoxy) is 1. The van der Waals surface area contributed by atoms with E-state index in [-0.39, 0.29) is 5.69 Å². The van der Waals surface area contributed by atoms with Gasteiger partial charge in [0.25, 0.3) is 5.69 Å². The van der Waals surface area contributed by atoms with Gasteiger partial charge in [-0.2, -0.15) is 0 Å². The molecule has 2 aromatic rings. The highest BCUT2D eigenvalue weighted by Gasteiger charge is 2.12. The third kappa shape index (κ3) is 3.98. The zero-order valence-corrected chi connectivity index (χ0v) is 14.5. The van der Waals surface area contributed by atoms with Crippen molar-refractivity contribution < 1.29 is 9.66 Å². The number of anilines is 1. The van der Waals surface area contributed by atoms with Crippen LogP contribution in [0.5, 0.6) is 0 Å². The number of rotatable bonds is 4. The summed E-state index contributed by atoms with van der Waals surface area (Å²) in [6.45, 7) is 3.29. The molecule has 7 heteroatoms. The molecule has 0 radical (unpaired) electrons. The van der Waals surface area contributed by atoms with E-state index in [0.29, 0.717) is 10.0 Å². The summed E-state index contributed by atoms with van der Waals surface area (Å²) >= 11 is 3.17. The minimum atomic E-state index is -0.418. The van der Waals surface area contributed by atoms with Crippen molar-refractivity contribution in [3.05, 3.63) is 62.6 Å². The molecular formula is C17H16BrN3O3. The molecule has 0 bridgehead atoms. The molecule has 0 amide bonds. The Kier molecular flexibility index (Phi) is 5.22. The fraction of sp³-hybridized carbons (Fsp3) is 0.235. The Bertz CT molecular complexity index is 756. The molecular weight excluding hydrogens is 374 g/mol. The van der Waals surface area contributed by atoms with Gasteiger partial charge in [0, 0.05) is 31.1 Å². The number of aliphatic imine (C=N–C) groups is 1. The maximum atomic E-state index is 11.0. The zero-order valence-electron chi connectivity index (χ0n) is 12.9. The number of hydrogen-bond donors (Lipinski definition) is 0. The lowest BCUT2D eigenvalue weighted by Gasteiger charge is -2.28. The van der Waals surface area contributed by atoms with Crippen LogP contribution < -0.4 is 4.90 Å². The molecule has 0 N–H and O–H groups in total. The molecule has 2 aromatic carbocycles. The van der Waals surface area contributed by atoms with Crippen molar-refractivity contribution >= 4 is 39.2 Å². The Morgan fingerprint density at radius 2 is 1.88 bits per heavy atom. The SMILES string of the molecule is O=[N+]([O-])c1cc(C=Nc2ccc(N3CCOCC3)cc2)ccc1Br. The average Bonchev–Trinajstić information content (AvgIpc) is 2.62. The highest BCUT2D eigenvalue weighted by molar-refractivity contribution is 9.10. The first-order valence-corrected chi connectivity index (χ1v) is 8.33. The number of nitrogens with zero attached hydrogens (tertiary/aromatic N) is 3. The molecule has 3 rings (SSSR count). The lowest BCUT2D eigenvalue weighted by atomic mass is 10.2.